The highest BCUT2D eigenvalue weighted by Crippen LogP contribution is 2.31. The number of hydrogen-bond acceptors (Lipinski definition) is 5. The molecule has 0 aliphatic carbocycles. The molecule has 19 heavy (non-hydrogen) atoms. The van der Waals surface area contributed by atoms with Crippen LogP contribution in [0.1, 0.15) is 27.7 Å². The minimum atomic E-state index is -0.860. The molecule has 6 nitrogen and oxygen atoms in total. The van der Waals surface area contributed by atoms with E-state index in [2.05, 4.69) is 5.32 Å². The summed E-state index contributed by atoms with van der Waals surface area (Å²) in [6.07, 6.45) is -0.150. The average molecular weight is 268 g/mol. The normalized spacial score (nSPS) is 11.5. The number of hydrogen-bond donors (Lipinski definition) is 2. The van der Waals surface area contributed by atoms with Crippen LogP contribution in [0.5, 0.6) is 5.75 Å². The third kappa shape index (κ3) is 5.13. The van der Waals surface area contributed by atoms with Gasteiger partial charge in [-0.15, -0.1) is 0 Å². The molecule has 0 heterocycles. The van der Waals surface area contributed by atoms with Crippen LogP contribution in [0, 0.1) is 10.1 Å². The predicted octanol–water partition coefficient (Wildman–Crippen LogP) is 2.56. The maximum absolute atomic E-state index is 10.9. The molecule has 2 N–H and O–H groups in total. The summed E-state index contributed by atoms with van der Waals surface area (Å²) in [6, 6.07) is 4.56. The molecule has 1 aromatic carbocycles. The van der Waals surface area contributed by atoms with Gasteiger partial charge in [0.2, 0.25) is 0 Å². The van der Waals surface area contributed by atoms with Gasteiger partial charge in [0.15, 0.2) is 5.75 Å². The van der Waals surface area contributed by atoms with E-state index in [4.69, 9.17) is 4.74 Å². The van der Waals surface area contributed by atoms with Crippen LogP contribution in [0.3, 0.4) is 0 Å². The van der Waals surface area contributed by atoms with Crippen LogP contribution in [0.4, 0.5) is 11.4 Å². The third-order valence-corrected chi connectivity index (χ3v) is 2.24. The Balaban J connectivity index is 2.94. The van der Waals surface area contributed by atoms with Crippen LogP contribution in [0.25, 0.3) is 0 Å². The Morgan fingerprint density at radius 2 is 2.11 bits per heavy atom. The molecular weight excluding hydrogens is 248 g/mol. The minimum absolute atomic E-state index is 0.0671. The zero-order valence-corrected chi connectivity index (χ0v) is 11.6. The number of nitrogens with one attached hydrogen (secondary N) is 1. The maximum atomic E-state index is 10.9. The number of rotatable bonds is 6. The number of ether oxygens (including phenoxy) is 1. The Bertz CT molecular complexity index is 452. The minimum Gasteiger partial charge on any atom is -0.484 e. The summed E-state index contributed by atoms with van der Waals surface area (Å²) < 4.78 is 5.44. The second kappa shape index (κ2) is 5.88. The van der Waals surface area contributed by atoms with Gasteiger partial charge >= 0.3 is 5.69 Å². The summed E-state index contributed by atoms with van der Waals surface area (Å²) >= 11 is 0. The number of nitrogens with zero attached hydrogens (tertiary/aromatic N) is 1. The van der Waals surface area contributed by atoms with Crippen molar-refractivity contribution in [2.24, 2.45) is 0 Å². The second-order valence-electron chi connectivity index (χ2n) is 5.27. The van der Waals surface area contributed by atoms with Crippen LogP contribution in [-0.4, -0.2) is 28.3 Å². The standard InChI is InChI=1S/C13H20N2O4/c1-9(2)19-12-7-10(14-8-13(3,4)16)5-6-11(12)15(17)18/h5-7,9,14,16H,8H2,1-4H3. The highest BCUT2D eigenvalue weighted by Gasteiger charge is 2.18. The predicted molar refractivity (Wildman–Crippen MR) is 73.6 cm³/mol. The van der Waals surface area contributed by atoms with Gasteiger partial charge in [0.25, 0.3) is 0 Å². The fourth-order valence-electron chi connectivity index (χ4n) is 1.44. The zero-order valence-electron chi connectivity index (χ0n) is 11.6. The smallest absolute Gasteiger partial charge is 0.311 e. The van der Waals surface area contributed by atoms with E-state index in [1.165, 1.54) is 6.07 Å². The SMILES string of the molecule is CC(C)Oc1cc(NCC(C)(C)O)ccc1[N+](=O)[O-]. The molecule has 0 saturated heterocycles. The van der Waals surface area contributed by atoms with Gasteiger partial charge in [-0.1, -0.05) is 0 Å². The molecule has 0 bridgehead atoms. The van der Waals surface area contributed by atoms with Gasteiger partial charge in [-0.3, -0.25) is 10.1 Å². The first-order chi connectivity index (χ1) is 8.69. The Morgan fingerprint density at radius 1 is 1.47 bits per heavy atom. The first-order valence-corrected chi connectivity index (χ1v) is 6.10. The summed E-state index contributed by atoms with van der Waals surface area (Å²) in [5.41, 5.74) is -0.258. The van der Waals surface area contributed by atoms with Crippen molar-refractivity contribution in [2.45, 2.75) is 39.4 Å². The van der Waals surface area contributed by atoms with E-state index in [1.807, 2.05) is 0 Å². The van der Waals surface area contributed by atoms with E-state index >= 15 is 0 Å². The molecular formula is C13H20N2O4. The molecule has 0 spiro atoms. The second-order valence-corrected chi connectivity index (χ2v) is 5.27. The van der Waals surface area contributed by atoms with E-state index < -0.39 is 10.5 Å². The van der Waals surface area contributed by atoms with Gasteiger partial charge in [0.05, 0.1) is 16.6 Å². The summed E-state index contributed by atoms with van der Waals surface area (Å²) in [6.45, 7) is 7.31. The number of aliphatic hydroxyl groups is 1. The Hall–Kier alpha value is -1.82. The Labute approximate surface area is 112 Å². The number of benzene rings is 1. The van der Waals surface area contributed by atoms with Crippen molar-refractivity contribution in [3.63, 3.8) is 0 Å². The fraction of sp³-hybridized carbons (Fsp3) is 0.538. The molecule has 1 rings (SSSR count). The number of nitro benzene ring substituents is 1. The van der Waals surface area contributed by atoms with Crippen molar-refractivity contribution < 1.29 is 14.8 Å². The van der Waals surface area contributed by atoms with E-state index in [0.717, 1.165) is 0 Å². The lowest BCUT2D eigenvalue weighted by molar-refractivity contribution is -0.386. The first kappa shape index (κ1) is 15.2. The van der Waals surface area contributed by atoms with Crippen molar-refractivity contribution >= 4 is 11.4 Å². The molecule has 0 radical (unpaired) electrons. The number of nitro groups is 1. The van der Waals surface area contributed by atoms with Crippen LogP contribution >= 0.6 is 0 Å². The molecule has 0 aliphatic heterocycles. The lowest BCUT2D eigenvalue weighted by Gasteiger charge is -2.19. The summed E-state index contributed by atoms with van der Waals surface area (Å²) in [7, 11) is 0. The van der Waals surface area contributed by atoms with Crippen molar-refractivity contribution in [1.82, 2.24) is 0 Å². The Morgan fingerprint density at radius 3 is 2.58 bits per heavy atom. The number of anilines is 1. The fourth-order valence-corrected chi connectivity index (χ4v) is 1.44. The molecule has 0 aromatic heterocycles. The van der Waals surface area contributed by atoms with Crippen LogP contribution in [0.15, 0.2) is 18.2 Å². The maximum Gasteiger partial charge on any atom is 0.311 e. The van der Waals surface area contributed by atoms with Crippen molar-refractivity contribution in [3.8, 4) is 5.75 Å². The third-order valence-electron chi connectivity index (χ3n) is 2.24. The average Bonchev–Trinajstić information content (AvgIpc) is 2.24. The van der Waals surface area contributed by atoms with Crippen molar-refractivity contribution in [1.29, 1.82) is 0 Å². The molecule has 0 fully saturated rings. The monoisotopic (exact) mass is 268 g/mol. The van der Waals surface area contributed by atoms with Gasteiger partial charge < -0.3 is 15.2 Å². The molecule has 106 valence electrons. The van der Waals surface area contributed by atoms with Crippen LogP contribution in [-0.2, 0) is 0 Å². The van der Waals surface area contributed by atoms with E-state index in [9.17, 15) is 15.2 Å². The largest absolute Gasteiger partial charge is 0.484 e. The molecule has 0 unspecified atom stereocenters. The van der Waals surface area contributed by atoms with Gasteiger partial charge in [0, 0.05) is 24.4 Å². The molecule has 0 amide bonds. The lowest BCUT2D eigenvalue weighted by Crippen LogP contribution is -2.29. The van der Waals surface area contributed by atoms with Crippen LogP contribution < -0.4 is 10.1 Å². The van der Waals surface area contributed by atoms with Gasteiger partial charge in [-0.05, 0) is 33.8 Å². The molecule has 0 atom stereocenters. The van der Waals surface area contributed by atoms with E-state index in [0.29, 0.717) is 12.2 Å². The quantitative estimate of drug-likeness (QED) is 0.612. The van der Waals surface area contributed by atoms with Gasteiger partial charge in [-0.2, -0.15) is 0 Å². The highest BCUT2D eigenvalue weighted by molar-refractivity contribution is 5.58. The Kier molecular flexibility index (Phi) is 4.72. The van der Waals surface area contributed by atoms with Crippen LogP contribution in [0.2, 0.25) is 0 Å². The van der Waals surface area contributed by atoms with Gasteiger partial charge in [-0.25, -0.2) is 0 Å². The first-order valence-electron chi connectivity index (χ1n) is 6.10. The summed E-state index contributed by atoms with van der Waals surface area (Å²) in [4.78, 5) is 10.4. The molecule has 0 saturated carbocycles. The van der Waals surface area contributed by atoms with Crippen molar-refractivity contribution in [2.75, 3.05) is 11.9 Å². The summed E-state index contributed by atoms with van der Waals surface area (Å²) in [5, 5.41) is 23.5. The van der Waals surface area contributed by atoms with E-state index in [1.54, 1.807) is 39.8 Å². The highest BCUT2D eigenvalue weighted by atomic mass is 16.6. The van der Waals surface area contributed by atoms with E-state index in [-0.39, 0.29) is 17.5 Å². The van der Waals surface area contributed by atoms with Gasteiger partial charge in [0.1, 0.15) is 0 Å². The zero-order chi connectivity index (χ0) is 14.6. The van der Waals surface area contributed by atoms with Crippen molar-refractivity contribution in [3.05, 3.63) is 28.3 Å². The lowest BCUT2D eigenvalue weighted by atomic mass is 10.1. The topological polar surface area (TPSA) is 84.6 Å². The summed E-state index contributed by atoms with van der Waals surface area (Å²) in [5.74, 6) is 0.223. The molecule has 6 heteroatoms. The molecule has 0 aliphatic rings. The molecule has 1 aromatic rings.